The van der Waals surface area contributed by atoms with Crippen LogP contribution in [0.3, 0.4) is 0 Å². The third-order valence-corrected chi connectivity index (χ3v) is 4.65. The predicted molar refractivity (Wildman–Crippen MR) is 74.2 cm³/mol. The van der Waals surface area contributed by atoms with Gasteiger partial charge in [-0.3, -0.25) is 9.48 Å². The number of rotatable bonds is 3. The van der Waals surface area contributed by atoms with Crippen molar-refractivity contribution >= 4 is 5.91 Å². The monoisotopic (exact) mass is 297 g/mol. The maximum absolute atomic E-state index is 13.0. The Balaban J connectivity index is 1.79. The van der Waals surface area contributed by atoms with Crippen molar-refractivity contribution in [1.82, 2.24) is 14.7 Å². The molecule has 1 aliphatic carbocycles. The van der Waals surface area contributed by atoms with Gasteiger partial charge in [0, 0.05) is 23.8 Å². The minimum Gasteiger partial charge on any atom is -0.338 e. The molecule has 0 unspecified atom stereocenters. The molecule has 1 saturated heterocycles. The van der Waals surface area contributed by atoms with Crippen LogP contribution < -0.4 is 0 Å². The quantitative estimate of drug-likeness (QED) is 0.860. The number of hydrogen-bond donors (Lipinski definition) is 0. The van der Waals surface area contributed by atoms with Crippen LogP contribution in [-0.2, 0) is 24.2 Å². The molecule has 0 spiro atoms. The van der Waals surface area contributed by atoms with E-state index in [1.807, 2.05) is 4.90 Å². The van der Waals surface area contributed by atoms with Gasteiger partial charge < -0.3 is 4.90 Å². The number of aromatic nitrogens is 2. The highest BCUT2D eigenvalue weighted by Crippen LogP contribution is 2.31. The summed E-state index contributed by atoms with van der Waals surface area (Å²) in [4.78, 5) is 14.3. The van der Waals surface area contributed by atoms with E-state index in [1.54, 1.807) is 0 Å². The molecule has 2 heterocycles. The standard InChI is InChI=1S/C15H21F2N3O/c1-10-5-2-3-8-19(10)13(21)9-20-12-7-4-6-11(12)14(18-20)15(16)17/h10,15H,2-9H2,1H3/t10-/m0/s1. The van der Waals surface area contributed by atoms with Crippen molar-refractivity contribution < 1.29 is 13.6 Å². The van der Waals surface area contributed by atoms with Gasteiger partial charge in [-0.2, -0.15) is 5.10 Å². The first-order valence-corrected chi connectivity index (χ1v) is 7.74. The van der Waals surface area contributed by atoms with E-state index >= 15 is 0 Å². The molecule has 3 rings (SSSR count). The van der Waals surface area contributed by atoms with Crippen LogP contribution >= 0.6 is 0 Å². The van der Waals surface area contributed by atoms with Crippen molar-refractivity contribution in [2.24, 2.45) is 0 Å². The predicted octanol–water partition coefficient (Wildman–Crippen LogP) is 2.71. The fourth-order valence-electron chi connectivity index (χ4n) is 3.53. The average Bonchev–Trinajstić information content (AvgIpc) is 3.02. The number of hydrogen-bond acceptors (Lipinski definition) is 2. The molecular weight excluding hydrogens is 276 g/mol. The molecule has 21 heavy (non-hydrogen) atoms. The molecule has 1 fully saturated rings. The van der Waals surface area contributed by atoms with Crippen molar-refractivity contribution in [3.63, 3.8) is 0 Å². The Morgan fingerprint density at radius 2 is 2.14 bits per heavy atom. The second kappa shape index (κ2) is 5.73. The van der Waals surface area contributed by atoms with Crippen molar-refractivity contribution in [1.29, 1.82) is 0 Å². The molecule has 1 aromatic heterocycles. The Labute approximate surface area is 123 Å². The molecule has 1 aromatic rings. The highest BCUT2D eigenvalue weighted by atomic mass is 19.3. The summed E-state index contributed by atoms with van der Waals surface area (Å²) in [5.74, 6) is 0.000200. The maximum atomic E-state index is 13.0. The molecule has 0 N–H and O–H groups in total. The summed E-state index contributed by atoms with van der Waals surface area (Å²) >= 11 is 0. The van der Waals surface area contributed by atoms with Gasteiger partial charge in [0.1, 0.15) is 12.2 Å². The summed E-state index contributed by atoms with van der Waals surface area (Å²) in [5, 5.41) is 4.01. The number of carbonyl (C=O) groups excluding carboxylic acids is 1. The number of amides is 1. The second-order valence-corrected chi connectivity index (χ2v) is 6.05. The molecule has 0 bridgehead atoms. The van der Waals surface area contributed by atoms with E-state index < -0.39 is 6.43 Å². The Morgan fingerprint density at radius 1 is 1.33 bits per heavy atom. The molecular formula is C15H21F2N3O. The number of piperidine rings is 1. The normalized spacial score (nSPS) is 21.9. The lowest BCUT2D eigenvalue weighted by atomic mass is 10.0. The fourth-order valence-corrected chi connectivity index (χ4v) is 3.53. The van der Waals surface area contributed by atoms with E-state index in [-0.39, 0.29) is 24.2 Å². The molecule has 1 atom stereocenters. The van der Waals surface area contributed by atoms with E-state index in [4.69, 9.17) is 0 Å². The zero-order valence-electron chi connectivity index (χ0n) is 12.3. The second-order valence-electron chi connectivity index (χ2n) is 6.05. The number of nitrogens with zero attached hydrogens (tertiary/aromatic N) is 3. The van der Waals surface area contributed by atoms with Gasteiger partial charge in [0.15, 0.2) is 0 Å². The third-order valence-electron chi connectivity index (χ3n) is 4.65. The van der Waals surface area contributed by atoms with Gasteiger partial charge >= 0.3 is 0 Å². The first-order valence-electron chi connectivity index (χ1n) is 7.74. The minimum atomic E-state index is -2.55. The summed E-state index contributed by atoms with van der Waals surface area (Å²) in [6.07, 6.45) is 2.92. The summed E-state index contributed by atoms with van der Waals surface area (Å²) in [7, 11) is 0. The molecule has 1 aliphatic heterocycles. The van der Waals surface area contributed by atoms with Crippen LogP contribution in [0.15, 0.2) is 0 Å². The molecule has 0 aromatic carbocycles. The van der Waals surface area contributed by atoms with Crippen LogP contribution in [0.4, 0.5) is 8.78 Å². The molecule has 4 nitrogen and oxygen atoms in total. The van der Waals surface area contributed by atoms with Crippen molar-refractivity contribution in [2.75, 3.05) is 6.54 Å². The molecule has 1 amide bonds. The van der Waals surface area contributed by atoms with Gasteiger partial charge in [0.25, 0.3) is 6.43 Å². The van der Waals surface area contributed by atoms with Gasteiger partial charge in [0.2, 0.25) is 5.91 Å². The summed E-state index contributed by atoms with van der Waals surface area (Å²) in [6.45, 7) is 2.92. The van der Waals surface area contributed by atoms with E-state index in [9.17, 15) is 13.6 Å². The average molecular weight is 297 g/mol. The van der Waals surface area contributed by atoms with Crippen molar-refractivity contribution in [3.8, 4) is 0 Å². The summed E-state index contributed by atoms with van der Waals surface area (Å²) < 4.78 is 27.6. The highest BCUT2D eigenvalue weighted by Gasteiger charge is 2.29. The van der Waals surface area contributed by atoms with Crippen LogP contribution in [0.25, 0.3) is 0 Å². The third kappa shape index (κ3) is 2.68. The molecule has 116 valence electrons. The summed E-state index contributed by atoms with van der Waals surface area (Å²) in [5.41, 5.74) is 1.38. The molecule has 0 radical (unpaired) electrons. The number of likely N-dealkylation sites (tertiary alicyclic amines) is 1. The lowest BCUT2D eigenvalue weighted by Crippen LogP contribution is -2.43. The molecule has 0 saturated carbocycles. The Morgan fingerprint density at radius 3 is 2.86 bits per heavy atom. The summed E-state index contributed by atoms with van der Waals surface area (Å²) in [6, 6.07) is 0.240. The first kappa shape index (κ1) is 14.5. The Bertz CT molecular complexity index is 541. The van der Waals surface area contributed by atoms with Crippen molar-refractivity contribution in [3.05, 3.63) is 17.0 Å². The van der Waals surface area contributed by atoms with Crippen LogP contribution in [0.2, 0.25) is 0 Å². The van der Waals surface area contributed by atoms with Crippen LogP contribution in [0.1, 0.15) is 56.0 Å². The van der Waals surface area contributed by atoms with Crippen molar-refractivity contribution in [2.45, 2.75) is 64.5 Å². The van der Waals surface area contributed by atoms with Gasteiger partial charge in [-0.1, -0.05) is 0 Å². The Kier molecular flexibility index (Phi) is 3.95. The van der Waals surface area contributed by atoms with Crippen LogP contribution in [-0.4, -0.2) is 33.2 Å². The van der Waals surface area contributed by atoms with E-state index in [0.717, 1.165) is 44.3 Å². The van der Waals surface area contributed by atoms with Crippen LogP contribution in [0, 0.1) is 0 Å². The molecule has 6 heteroatoms. The largest absolute Gasteiger partial charge is 0.338 e. The van der Waals surface area contributed by atoms with Gasteiger partial charge in [-0.25, -0.2) is 8.78 Å². The fraction of sp³-hybridized carbons (Fsp3) is 0.733. The smallest absolute Gasteiger partial charge is 0.282 e. The lowest BCUT2D eigenvalue weighted by Gasteiger charge is -2.33. The SMILES string of the molecule is C[C@H]1CCCCN1C(=O)Cn1nc(C(F)F)c2c1CCC2. The Hall–Kier alpha value is -1.46. The minimum absolute atomic E-state index is 0.000200. The number of fused-ring (bicyclic) bond motifs is 1. The van der Waals surface area contributed by atoms with Gasteiger partial charge in [-0.05, 0) is 45.4 Å². The van der Waals surface area contributed by atoms with Gasteiger partial charge in [-0.15, -0.1) is 0 Å². The van der Waals surface area contributed by atoms with E-state index in [2.05, 4.69) is 12.0 Å². The maximum Gasteiger partial charge on any atom is 0.282 e. The zero-order valence-corrected chi connectivity index (χ0v) is 12.3. The number of halogens is 2. The number of carbonyl (C=O) groups is 1. The van der Waals surface area contributed by atoms with Gasteiger partial charge in [0.05, 0.1) is 0 Å². The van der Waals surface area contributed by atoms with Crippen LogP contribution in [0.5, 0.6) is 0 Å². The molecule has 2 aliphatic rings. The zero-order chi connectivity index (χ0) is 15.0. The first-order chi connectivity index (χ1) is 10.1. The lowest BCUT2D eigenvalue weighted by molar-refractivity contribution is -0.135. The number of alkyl halides is 2. The van der Waals surface area contributed by atoms with E-state index in [0.29, 0.717) is 12.0 Å². The topological polar surface area (TPSA) is 38.1 Å². The highest BCUT2D eigenvalue weighted by molar-refractivity contribution is 5.76. The van der Waals surface area contributed by atoms with E-state index in [1.165, 1.54) is 4.68 Å².